The second-order valence-corrected chi connectivity index (χ2v) is 7.68. The number of nitrogens with zero attached hydrogens (tertiary/aromatic N) is 1. The Morgan fingerprint density at radius 1 is 1.71 bits per heavy atom. The molecule has 8 heteroatoms. The molecule has 94 valence electrons. The van der Waals surface area contributed by atoms with Gasteiger partial charge in [-0.05, 0) is 25.7 Å². The van der Waals surface area contributed by atoms with E-state index in [1.807, 2.05) is 0 Å². The van der Waals surface area contributed by atoms with E-state index in [1.54, 1.807) is 6.92 Å². The van der Waals surface area contributed by atoms with Crippen LogP contribution < -0.4 is 10.5 Å². The summed E-state index contributed by atoms with van der Waals surface area (Å²) in [6.07, 6.45) is 3.28. The van der Waals surface area contributed by atoms with Crippen LogP contribution in [-0.4, -0.2) is 24.4 Å². The van der Waals surface area contributed by atoms with Gasteiger partial charge in [0.2, 0.25) is 0 Å². The van der Waals surface area contributed by atoms with Crippen molar-refractivity contribution in [3.63, 3.8) is 0 Å². The van der Waals surface area contributed by atoms with Crippen LogP contribution in [0, 0.1) is 12.8 Å². The lowest BCUT2D eigenvalue weighted by atomic mass is 10.2. The molecular formula is C9H13N3O2S3. The average molecular weight is 291 g/mol. The minimum absolute atomic E-state index is 0.205. The molecule has 0 aromatic carbocycles. The number of nitrogens with two attached hydrogens (primary N) is 1. The van der Waals surface area contributed by atoms with Gasteiger partial charge in [0.15, 0.2) is 4.21 Å². The predicted octanol–water partition coefficient (Wildman–Crippen LogP) is 0.795. The van der Waals surface area contributed by atoms with Crippen LogP contribution in [0.4, 0.5) is 0 Å². The van der Waals surface area contributed by atoms with Crippen molar-refractivity contribution in [1.29, 1.82) is 0 Å². The molecule has 17 heavy (non-hydrogen) atoms. The Bertz CT molecular complexity index is 533. The minimum Gasteiger partial charge on any atom is -0.392 e. The van der Waals surface area contributed by atoms with Crippen molar-refractivity contribution in [3.8, 4) is 0 Å². The molecule has 0 bridgehead atoms. The van der Waals surface area contributed by atoms with Gasteiger partial charge in [0.25, 0.3) is 10.0 Å². The van der Waals surface area contributed by atoms with Crippen molar-refractivity contribution in [1.82, 2.24) is 9.71 Å². The van der Waals surface area contributed by atoms with Crippen LogP contribution in [-0.2, 0) is 10.0 Å². The Balaban J connectivity index is 2.18. The number of sulfonamides is 1. The van der Waals surface area contributed by atoms with E-state index in [0.29, 0.717) is 5.01 Å². The molecule has 1 aliphatic carbocycles. The molecule has 0 spiro atoms. The molecule has 1 aromatic rings. The molecule has 0 radical (unpaired) electrons. The lowest BCUT2D eigenvalue weighted by molar-refractivity contribution is 0.567. The van der Waals surface area contributed by atoms with E-state index in [4.69, 9.17) is 18.0 Å². The molecule has 1 saturated carbocycles. The summed E-state index contributed by atoms with van der Waals surface area (Å²) < 4.78 is 26.8. The molecule has 0 aliphatic heterocycles. The van der Waals surface area contributed by atoms with Crippen LogP contribution >= 0.6 is 23.6 Å². The number of aromatic nitrogens is 1. The molecular weight excluding hydrogens is 278 g/mol. The summed E-state index contributed by atoms with van der Waals surface area (Å²) >= 11 is 6.03. The molecule has 0 amide bonds. The van der Waals surface area contributed by atoms with Crippen molar-refractivity contribution >= 4 is 38.6 Å². The van der Waals surface area contributed by atoms with Gasteiger partial charge in [-0.1, -0.05) is 12.2 Å². The Kier molecular flexibility index (Phi) is 3.48. The number of thiocarbonyl (C=S) groups is 1. The Morgan fingerprint density at radius 3 is 2.76 bits per heavy atom. The fraction of sp³-hybridized carbons (Fsp3) is 0.556. The third kappa shape index (κ3) is 3.01. The SMILES string of the molecule is Cc1ncc(S(=O)(=O)NC(C(N)=S)C2CC2)s1. The molecule has 1 unspecified atom stereocenters. The Morgan fingerprint density at radius 2 is 2.35 bits per heavy atom. The summed E-state index contributed by atoms with van der Waals surface area (Å²) in [5, 5.41) is 0.712. The van der Waals surface area contributed by atoms with Crippen LogP contribution in [0.2, 0.25) is 0 Å². The first kappa shape index (κ1) is 12.9. The Labute approximate surface area is 109 Å². The van der Waals surface area contributed by atoms with E-state index in [-0.39, 0.29) is 15.1 Å². The van der Waals surface area contributed by atoms with Gasteiger partial charge < -0.3 is 5.73 Å². The smallest absolute Gasteiger partial charge is 0.252 e. The molecule has 1 atom stereocenters. The normalized spacial score (nSPS) is 17.9. The third-order valence-corrected chi connectivity index (χ3v) is 5.62. The van der Waals surface area contributed by atoms with Crippen molar-refractivity contribution < 1.29 is 8.42 Å². The molecule has 1 fully saturated rings. The van der Waals surface area contributed by atoms with E-state index < -0.39 is 16.1 Å². The largest absolute Gasteiger partial charge is 0.392 e. The highest BCUT2D eigenvalue weighted by Crippen LogP contribution is 2.33. The van der Waals surface area contributed by atoms with Gasteiger partial charge in [0, 0.05) is 0 Å². The van der Waals surface area contributed by atoms with Gasteiger partial charge in [-0.3, -0.25) is 0 Å². The summed E-state index contributed by atoms with van der Waals surface area (Å²) in [6, 6.07) is -0.433. The summed E-state index contributed by atoms with van der Waals surface area (Å²) in [7, 11) is -3.55. The highest BCUT2D eigenvalue weighted by atomic mass is 32.2. The topological polar surface area (TPSA) is 85.1 Å². The maximum Gasteiger partial charge on any atom is 0.252 e. The van der Waals surface area contributed by atoms with E-state index in [0.717, 1.165) is 24.2 Å². The fourth-order valence-electron chi connectivity index (χ4n) is 1.51. The van der Waals surface area contributed by atoms with Crippen molar-refractivity contribution in [2.45, 2.75) is 30.0 Å². The van der Waals surface area contributed by atoms with Gasteiger partial charge in [0.1, 0.15) is 0 Å². The first-order valence-electron chi connectivity index (χ1n) is 5.14. The van der Waals surface area contributed by atoms with Gasteiger partial charge in [-0.2, -0.15) is 0 Å². The van der Waals surface area contributed by atoms with E-state index in [2.05, 4.69) is 9.71 Å². The monoisotopic (exact) mass is 291 g/mol. The molecule has 1 aromatic heterocycles. The van der Waals surface area contributed by atoms with Crippen molar-refractivity contribution in [3.05, 3.63) is 11.2 Å². The van der Waals surface area contributed by atoms with Crippen molar-refractivity contribution in [2.75, 3.05) is 0 Å². The highest BCUT2D eigenvalue weighted by molar-refractivity contribution is 7.91. The number of thiazole rings is 1. The Hall–Kier alpha value is -0.570. The van der Waals surface area contributed by atoms with Crippen molar-refractivity contribution in [2.24, 2.45) is 11.7 Å². The summed E-state index contributed by atoms with van der Waals surface area (Å²) in [5.41, 5.74) is 5.56. The zero-order chi connectivity index (χ0) is 12.6. The first-order valence-corrected chi connectivity index (χ1v) is 7.85. The summed E-state index contributed by atoms with van der Waals surface area (Å²) in [5.74, 6) is 0.247. The molecule has 5 nitrogen and oxygen atoms in total. The highest BCUT2D eigenvalue weighted by Gasteiger charge is 2.36. The molecule has 3 N–H and O–H groups in total. The average Bonchev–Trinajstić information content (AvgIpc) is 2.96. The standard InChI is InChI=1S/C9H13N3O2S3/c1-5-11-4-7(16-5)17(13,14)12-8(9(10)15)6-2-3-6/h4,6,8,12H,2-3H2,1H3,(H2,10,15). The van der Waals surface area contributed by atoms with Crippen LogP contribution in [0.1, 0.15) is 17.8 Å². The molecule has 0 saturated heterocycles. The number of aryl methyl sites for hydroxylation is 1. The number of rotatable bonds is 5. The summed E-state index contributed by atoms with van der Waals surface area (Å²) in [4.78, 5) is 4.14. The number of hydrogen-bond acceptors (Lipinski definition) is 5. The fourth-order valence-corrected chi connectivity index (χ4v) is 4.24. The molecule has 2 rings (SSSR count). The predicted molar refractivity (Wildman–Crippen MR) is 70.5 cm³/mol. The van der Waals surface area contributed by atoms with Gasteiger partial charge in [-0.15, -0.1) is 11.3 Å². The summed E-state index contributed by atoms with van der Waals surface area (Å²) in [6.45, 7) is 1.76. The maximum atomic E-state index is 12.0. The quantitative estimate of drug-likeness (QED) is 0.784. The molecule has 1 aliphatic rings. The molecule has 1 heterocycles. The number of hydrogen-bond donors (Lipinski definition) is 2. The van der Waals surface area contributed by atoms with Crippen LogP contribution in [0.5, 0.6) is 0 Å². The van der Waals surface area contributed by atoms with Crippen LogP contribution in [0.15, 0.2) is 10.4 Å². The maximum absolute atomic E-state index is 12.0. The lowest BCUT2D eigenvalue weighted by Gasteiger charge is -2.15. The van der Waals surface area contributed by atoms with Gasteiger partial charge >= 0.3 is 0 Å². The van der Waals surface area contributed by atoms with E-state index in [9.17, 15) is 8.42 Å². The van der Waals surface area contributed by atoms with E-state index in [1.165, 1.54) is 6.20 Å². The van der Waals surface area contributed by atoms with Gasteiger partial charge in [-0.25, -0.2) is 18.1 Å². The first-order chi connectivity index (χ1) is 7.90. The van der Waals surface area contributed by atoms with Crippen LogP contribution in [0.25, 0.3) is 0 Å². The third-order valence-electron chi connectivity index (χ3n) is 2.55. The van der Waals surface area contributed by atoms with Gasteiger partial charge in [0.05, 0.1) is 22.2 Å². The number of nitrogens with one attached hydrogen (secondary N) is 1. The zero-order valence-electron chi connectivity index (χ0n) is 9.21. The van der Waals surface area contributed by atoms with E-state index >= 15 is 0 Å². The zero-order valence-corrected chi connectivity index (χ0v) is 11.7. The second-order valence-electron chi connectivity index (χ2n) is 4.04. The minimum atomic E-state index is -3.55. The lowest BCUT2D eigenvalue weighted by Crippen LogP contribution is -2.44. The van der Waals surface area contributed by atoms with Crippen LogP contribution in [0.3, 0.4) is 0 Å². The second kappa shape index (κ2) is 4.60.